The number of halogens is 1. The highest BCUT2D eigenvalue weighted by Gasteiger charge is 1.98. The van der Waals surface area contributed by atoms with Crippen LogP contribution in [0.4, 0.5) is 4.39 Å². The smallest absolute Gasteiger partial charge is 0.123 e. The summed E-state index contributed by atoms with van der Waals surface area (Å²) in [7, 11) is 7.63. The van der Waals surface area contributed by atoms with Gasteiger partial charge in [-0.15, -0.1) is 0 Å². The highest BCUT2D eigenvalue weighted by atomic mass is 19.1. The van der Waals surface area contributed by atoms with Crippen LogP contribution >= 0.6 is 0 Å². The summed E-state index contributed by atoms with van der Waals surface area (Å²) < 4.78 is 17.5. The van der Waals surface area contributed by atoms with Gasteiger partial charge in [0.15, 0.2) is 0 Å². The predicted molar refractivity (Wildman–Crippen MR) is 143 cm³/mol. The van der Waals surface area contributed by atoms with Crippen molar-refractivity contribution in [2.75, 3.05) is 34.8 Å². The Hall–Kier alpha value is -2.73. The van der Waals surface area contributed by atoms with Gasteiger partial charge in [-0.3, -0.25) is 0 Å². The zero-order valence-corrected chi connectivity index (χ0v) is 21.5. The van der Waals surface area contributed by atoms with E-state index >= 15 is 0 Å². The number of methoxy groups -OCH3 is 1. The van der Waals surface area contributed by atoms with E-state index in [1.165, 1.54) is 42.6 Å². The molecule has 0 bridgehead atoms. The number of benzene rings is 3. The van der Waals surface area contributed by atoms with Gasteiger partial charge in [-0.2, -0.15) is 0 Å². The number of rotatable bonds is 10. The summed E-state index contributed by atoms with van der Waals surface area (Å²) in [6.07, 6.45) is 2.57. The van der Waals surface area contributed by atoms with Gasteiger partial charge >= 0.3 is 0 Å². The van der Waals surface area contributed by atoms with Crippen LogP contribution in [0, 0.1) is 5.82 Å². The van der Waals surface area contributed by atoms with Gasteiger partial charge in [0.25, 0.3) is 0 Å². The number of nitrogens with one attached hydrogen (secondary N) is 2. The van der Waals surface area contributed by atoms with Crippen molar-refractivity contribution in [3.8, 4) is 5.75 Å². The van der Waals surface area contributed by atoms with E-state index in [1.54, 1.807) is 13.2 Å². The molecule has 0 aliphatic rings. The summed E-state index contributed by atoms with van der Waals surface area (Å²) in [6, 6.07) is 25.2. The van der Waals surface area contributed by atoms with E-state index in [0.717, 1.165) is 30.9 Å². The van der Waals surface area contributed by atoms with Crippen molar-refractivity contribution in [3.63, 3.8) is 0 Å². The number of unbranched alkanes of at least 4 members (excludes halogenated alkanes) is 1. The summed E-state index contributed by atoms with van der Waals surface area (Å²) in [5.74, 6) is 0.741. The first-order chi connectivity index (χ1) is 16.5. The maximum Gasteiger partial charge on any atom is 0.123 e. The Morgan fingerprint density at radius 1 is 0.794 bits per heavy atom. The van der Waals surface area contributed by atoms with E-state index in [4.69, 9.17) is 4.74 Å². The molecule has 0 aliphatic heterocycles. The van der Waals surface area contributed by atoms with Gasteiger partial charge in [-0.1, -0.05) is 67.9 Å². The topological polar surface area (TPSA) is 36.5 Å². The zero-order valence-electron chi connectivity index (χ0n) is 21.5. The lowest BCUT2D eigenvalue weighted by molar-refractivity contribution is 0.321. The van der Waals surface area contributed by atoms with Crippen molar-refractivity contribution in [2.24, 2.45) is 0 Å². The molecule has 186 valence electrons. The Morgan fingerprint density at radius 2 is 1.38 bits per heavy atom. The van der Waals surface area contributed by atoms with Crippen LogP contribution in [-0.4, -0.2) is 39.7 Å². The lowest BCUT2D eigenvalue weighted by Crippen LogP contribution is -2.18. The van der Waals surface area contributed by atoms with Crippen molar-refractivity contribution >= 4 is 0 Å². The standard InChI is InChI=1S/C12H19N.C9H13NO.C8H10FN/c1-3-4-10-13(2)11-12-8-6-5-7-9-12;1-10-7-8-4-3-5-9(6-8)11-2;1-10-6-7-3-2-4-8(9)5-7/h5-9H,3-4,10-11H2,1-2H3;3-6,10H,7H2,1-2H3;2-5,10H,6H2,1H3. The molecule has 0 atom stereocenters. The molecule has 0 heterocycles. The molecule has 34 heavy (non-hydrogen) atoms. The maximum absolute atomic E-state index is 12.5. The molecule has 4 nitrogen and oxygen atoms in total. The molecule has 0 spiro atoms. The predicted octanol–water partition coefficient (Wildman–Crippen LogP) is 5.88. The van der Waals surface area contributed by atoms with Crippen LogP contribution in [0.2, 0.25) is 0 Å². The molecule has 5 heteroatoms. The van der Waals surface area contributed by atoms with Gasteiger partial charge in [0.1, 0.15) is 11.6 Å². The molecule has 0 amide bonds. The zero-order chi connectivity index (χ0) is 25.0. The Labute approximate surface area is 206 Å². The van der Waals surface area contributed by atoms with E-state index < -0.39 is 0 Å². The molecule has 3 aromatic carbocycles. The fourth-order valence-corrected chi connectivity index (χ4v) is 3.24. The molecule has 0 unspecified atom stereocenters. The summed E-state index contributed by atoms with van der Waals surface area (Å²) in [4.78, 5) is 2.37. The lowest BCUT2D eigenvalue weighted by atomic mass is 10.2. The van der Waals surface area contributed by atoms with Gasteiger partial charge in [0.2, 0.25) is 0 Å². The summed E-state index contributed by atoms with van der Waals surface area (Å²) >= 11 is 0. The third kappa shape index (κ3) is 13.7. The van der Waals surface area contributed by atoms with Gasteiger partial charge < -0.3 is 20.3 Å². The van der Waals surface area contributed by atoms with Crippen LogP contribution in [0.1, 0.15) is 36.5 Å². The first kappa shape index (κ1) is 29.3. The molecule has 0 saturated carbocycles. The number of hydrogen-bond acceptors (Lipinski definition) is 4. The molecule has 3 aromatic rings. The molecular formula is C29H42FN3O. The largest absolute Gasteiger partial charge is 0.497 e. The first-order valence-electron chi connectivity index (χ1n) is 11.9. The summed E-state index contributed by atoms with van der Waals surface area (Å²) in [5.41, 5.74) is 3.62. The summed E-state index contributed by atoms with van der Waals surface area (Å²) in [5, 5.41) is 6.02. The molecular weight excluding hydrogens is 425 g/mol. The highest BCUT2D eigenvalue weighted by Crippen LogP contribution is 2.11. The lowest BCUT2D eigenvalue weighted by Gasteiger charge is -2.15. The second kappa shape index (κ2) is 18.7. The third-order valence-electron chi connectivity index (χ3n) is 4.97. The van der Waals surface area contributed by atoms with Crippen molar-refractivity contribution < 1.29 is 9.13 Å². The van der Waals surface area contributed by atoms with E-state index in [0.29, 0.717) is 0 Å². The Kier molecular flexibility index (Phi) is 16.1. The molecule has 0 fully saturated rings. The monoisotopic (exact) mass is 467 g/mol. The molecule has 0 radical (unpaired) electrons. The van der Waals surface area contributed by atoms with Crippen LogP contribution in [0.15, 0.2) is 78.9 Å². The van der Waals surface area contributed by atoms with Gasteiger partial charge in [-0.25, -0.2) is 4.39 Å². The quantitative estimate of drug-likeness (QED) is 0.390. The second-order valence-corrected chi connectivity index (χ2v) is 8.12. The Balaban J connectivity index is 0.000000257. The van der Waals surface area contributed by atoms with E-state index in [-0.39, 0.29) is 5.82 Å². The minimum atomic E-state index is -0.173. The minimum Gasteiger partial charge on any atom is -0.497 e. The van der Waals surface area contributed by atoms with Crippen molar-refractivity contribution in [1.82, 2.24) is 15.5 Å². The van der Waals surface area contributed by atoms with Crippen molar-refractivity contribution in [1.29, 1.82) is 0 Å². The van der Waals surface area contributed by atoms with Crippen molar-refractivity contribution in [2.45, 2.75) is 39.4 Å². The average molecular weight is 468 g/mol. The number of hydrogen-bond donors (Lipinski definition) is 2. The molecule has 0 saturated heterocycles. The molecule has 0 aliphatic carbocycles. The van der Waals surface area contributed by atoms with Crippen LogP contribution in [0.3, 0.4) is 0 Å². The number of ether oxygens (including phenoxy) is 1. The molecule has 2 N–H and O–H groups in total. The highest BCUT2D eigenvalue weighted by molar-refractivity contribution is 5.28. The van der Waals surface area contributed by atoms with Gasteiger partial charge in [-0.05, 0) is 75.1 Å². The average Bonchev–Trinajstić information content (AvgIpc) is 2.85. The minimum absolute atomic E-state index is 0.173. The first-order valence-corrected chi connectivity index (χ1v) is 11.9. The van der Waals surface area contributed by atoms with Crippen LogP contribution in [-0.2, 0) is 19.6 Å². The summed E-state index contributed by atoms with van der Waals surface area (Å²) in [6.45, 7) is 6.11. The van der Waals surface area contributed by atoms with E-state index in [9.17, 15) is 4.39 Å². The van der Waals surface area contributed by atoms with Gasteiger partial charge in [0.05, 0.1) is 7.11 Å². The number of nitrogens with zero attached hydrogens (tertiary/aromatic N) is 1. The maximum atomic E-state index is 12.5. The fourth-order valence-electron chi connectivity index (χ4n) is 3.24. The van der Waals surface area contributed by atoms with Crippen molar-refractivity contribution in [3.05, 3.63) is 101 Å². The van der Waals surface area contributed by atoms with E-state index in [2.05, 4.69) is 65.9 Å². The Bertz CT molecular complexity index is 889. The SMILES string of the molecule is CCCCN(C)Cc1ccccc1.CNCc1cccc(F)c1.CNCc1cccc(OC)c1. The van der Waals surface area contributed by atoms with Crippen LogP contribution < -0.4 is 15.4 Å². The van der Waals surface area contributed by atoms with Gasteiger partial charge in [0, 0.05) is 19.6 Å². The van der Waals surface area contributed by atoms with E-state index in [1.807, 2.05) is 38.4 Å². The molecule has 3 rings (SSSR count). The molecule has 0 aromatic heterocycles. The fraction of sp³-hybridized carbons (Fsp3) is 0.379. The second-order valence-electron chi connectivity index (χ2n) is 8.12. The van der Waals surface area contributed by atoms with Crippen LogP contribution in [0.5, 0.6) is 5.75 Å². The van der Waals surface area contributed by atoms with Crippen LogP contribution in [0.25, 0.3) is 0 Å². The normalized spacial score (nSPS) is 10.1. The Morgan fingerprint density at radius 3 is 1.94 bits per heavy atom. The third-order valence-corrected chi connectivity index (χ3v) is 4.97.